The summed E-state index contributed by atoms with van der Waals surface area (Å²) < 4.78 is 0. The number of hydrogen-bond acceptors (Lipinski definition) is 2. The van der Waals surface area contributed by atoms with Crippen LogP contribution in [0.2, 0.25) is 10.0 Å². The molecule has 1 unspecified atom stereocenters. The maximum Gasteiger partial charge on any atom is 0.0624 e. The smallest absolute Gasteiger partial charge is 0.0624 e. The van der Waals surface area contributed by atoms with Crippen LogP contribution in [0, 0.1) is 0 Å². The molecule has 0 saturated heterocycles. The minimum absolute atomic E-state index is 0.0159. The number of hydrazine groups is 1. The summed E-state index contributed by atoms with van der Waals surface area (Å²) in [6.07, 6.45) is 0.694. The van der Waals surface area contributed by atoms with Gasteiger partial charge in [-0.15, -0.1) is 0 Å². The molecule has 2 rings (SSSR count). The van der Waals surface area contributed by atoms with Crippen molar-refractivity contribution in [3.8, 4) is 0 Å². The first-order chi connectivity index (χ1) is 8.72. The van der Waals surface area contributed by atoms with Gasteiger partial charge >= 0.3 is 0 Å². The van der Waals surface area contributed by atoms with Crippen molar-refractivity contribution in [2.45, 2.75) is 12.5 Å². The molecule has 1 atom stereocenters. The highest BCUT2D eigenvalue weighted by Gasteiger charge is 2.13. The quantitative estimate of drug-likeness (QED) is 0.661. The molecular formula is C14H14Cl2N2. The van der Waals surface area contributed by atoms with Crippen LogP contribution in [0.25, 0.3) is 0 Å². The van der Waals surface area contributed by atoms with Crippen LogP contribution in [0.3, 0.4) is 0 Å². The van der Waals surface area contributed by atoms with Crippen molar-refractivity contribution in [1.29, 1.82) is 0 Å². The van der Waals surface area contributed by atoms with Crippen LogP contribution in [0.4, 0.5) is 0 Å². The topological polar surface area (TPSA) is 38.0 Å². The molecule has 18 heavy (non-hydrogen) atoms. The van der Waals surface area contributed by atoms with Gasteiger partial charge in [0.25, 0.3) is 0 Å². The Kier molecular flexibility index (Phi) is 4.61. The maximum atomic E-state index is 6.18. The van der Waals surface area contributed by atoms with Gasteiger partial charge in [0, 0.05) is 0 Å². The predicted octanol–water partition coefficient (Wildman–Crippen LogP) is 3.74. The van der Waals surface area contributed by atoms with Gasteiger partial charge in [-0.2, -0.15) is 0 Å². The largest absolute Gasteiger partial charge is 0.271 e. The number of nitrogens with two attached hydrogens (primary N) is 1. The Morgan fingerprint density at radius 2 is 1.72 bits per heavy atom. The van der Waals surface area contributed by atoms with E-state index in [4.69, 9.17) is 29.0 Å². The normalized spacial score (nSPS) is 12.4. The summed E-state index contributed by atoms with van der Waals surface area (Å²) in [7, 11) is 0. The van der Waals surface area contributed by atoms with E-state index in [9.17, 15) is 0 Å². The van der Waals surface area contributed by atoms with Crippen molar-refractivity contribution in [2.75, 3.05) is 0 Å². The Bertz CT molecular complexity index is 514. The van der Waals surface area contributed by atoms with E-state index in [0.717, 1.165) is 11.1 Å². The van der Waals surface area contributed by atoms with Crippen molar-refractivity contribution >= 4 is 23.2 Å². The van der Waals surface area contributed by atoms with Crippen LogP contribution >= 0.6 is 23.2 Å². The first-order valence-corrected chi connectivity index (χ1v) is 6.42. The summed E-state index contributed by atoms with van der Waals surface area (Å²) in [5.41, 5.74) is 4.92. The molecule has 2 aromatic rings. The summed E-state index contributed by atoms with van der Waals surface area (Å²) >= 11 is 12.2. The molecule has 4 heteroatoms. The molecule has 0 aliphatic rings. The van der Waals surface area contributed by atoms with Crippen molar-refractivity contribution in [3.63, 3.8) is 0 Å². The lowest BCUT2D eigenvalue weighted by molar-refractivity contribution is 0.552. The molecule has 0 aliphatic heterocycles. The molecule has 0 heterocycles. The van der Waals surface area contributed by atoms with E-state index in [1.807, 2.05) is 42.5 Å². The van der Waals surface area contributed by atoms with Gasteiger partial charge < -0.3 is 0 Å². The molecule has 0 amide bonds. The average molecular weight is 281 g/mol. The SMILES string of the molecule is NNC(Cc1cccc(Cl)c1Cl)c1ccccc1. The Balaban J connectivity index is 2.24. The zero-order valence-electron chi connectivity index (χ0n) is 9.74. The predicted molar refractivity (Wildman–Crippen MR) is 76.7 cm³/mol. The number of benzene rings is 2. The average Bonchev–Trinajstić information content (AvgIpc) is 2.41. The van der Waals surface area contributed by atoms with Crippen molar-refractivity contribution in [1.82, 2.24) is 5.43 Å². The highest BCUT2D eigenvalue weighted by Crippen LogP contribution is 2.28. The molecule has 0 aliphatic carbocycles. The Hall–Kier alpha value is -1.06. The van der Waals surface area contributed by atoms with Crippen LogP contribution in [0.1, 0.15) is 17.2 Å². The maximum absolute atomic E-state index is 6.18. The second-order valence-electron chi connectivity index (χ2n) is 4.05. The highest BCUT2D eigenvalue weighted by molar-refractivity contribution is 6.42. The molecule has 94 valence electrons. The van der Waals surface area contributed by atoms with Gasteiger partial charge in [-0.05, 0) is 23.6 Å². The van der Waals surface area contributed by atoms with E-state index in [1.165, 1.54) is 0 Å². The Morgan fingerprint density at radius 1 is 1.00 bits per heavy atom. The van der Waals surface area contributed by atoms with Crippen LogP contribution in [-0.2, 0) is 6.42 Å². The second-order valence-corrected chi connectivity index (χ2v) is 4.83. The number of nitrogens with one attached hydrogen (secondary N) is 1. The van der Waals surface area contributed by atoms with E-state index in [0.29, 0.717) is 16.5 Å². The molecule has 0 aromatic heterocycles. The fraction of sp³-hybridized carbons (Fsp3) is 0.143. The highest BCUT2D eigenvalue weighted by atomic mass is 35.5. The fourth-order valence-electron chi connectivity index (χ4n) is 1.88. The monoisotopic (exact) mass is 280 g/mol. The van der Waals surface area contributed by atoms with Gasteiger partial charge in [-0.1, -0.05) is 65.7 Å². The minimum Gasteiger partial charge on any atom is -0.271 e. The Morgan fingerprint density at radius 3 is 2.39 bits per heavy atom. The van der Waals surface area contributed by atoms with Crippen LogP contribution in [0.15, 0.2) is 48.5 Å². The summed E-state index contributed by atoms with van der Waals surface area (Å²) in [5, 5.41) is 1.16. The third-order valence-corrected chi connectivity index (χ3v) is 3.72. The summed E-state index contributed by atoms with van der Waals surface area (Å²) in [6, 6.07) is 15.7. The van der Waals surface area contributed by atoms with E-state index < -0.39 is 0 Å². The molecule has 3 N–H and O–H groups in total. The lowest BCUT2D eigenvalue weighted by atomic mass is 9.99. The Labute approximate surface area is 117 Å². The van der Waals surface area contributed by atoms with Crippen molar-refractivity contribution < 1.29 is 0 Å². The number of halogens is 2. The zero-order chi connectivity index (χ0) is 13.0. The molecule has 0 fully saturated rings. The van der Waals surface area contributed by atoms with E-state index in [-0.39, 0.29) is 6.04 Å². The molecule has 2 aromatic carbocycles. The first-order valence-electron chi connectivity index (χ1n) is 5.66. The van der Waals surface area contributed by atoms with Gasteiger partial charge in [-0.25, -0.2) is 0 Å². The summed E-state index contributed by atoms with van der Waals surface area (Å²) in [6.45, 7) is 0. The fourth-order valence-corrected chi connectivity index (χ4v) is 2.28. The molecule has 0 spiro atoms. The van der Waals surface area contributed by atoms with Crippen molar-refractivity contribution in [2.24, 2.45) is 5.84 Å². The van der Waals surface area contributed by atoms with E-state index in [2.05, 4.69) is 5.43 Å². The summed E-state index contributed by atoms with van der Waals surface area (Å²) in [4.78, 5) is 0. The summed E-state index contributed by atoms with van der Waals surface area (Å²) in [5.74, 6) is 5.61. The minimum atomic E-state index is 0.0159. The van der Waals surface area contributed by atoms with Gasteiger partial charge in [0.2, 0.25) is 0 Å². The van der Waals surface area contributed by atoms with E-state index >= 15 is 0 Å². The second kappa shape index (κ2) is 6.21. The van der Waals surface area contributed by atoms with Crippen molar-refractivity contribution in [3.05, 3.63) is 69.7 Å². The van der Waals surface area contributed by atoms with Crippen LogP contribution in [0.5, 0.6) is 0 Å². The standard InChI is InChI=1S/C14H14Cl2N2/c15-12-8-4-7-11(14(12)16)9-13(18-17)10-5-2-1-3-6-10/h1-8,13,18H,9,17H2. The molecular weight excluding hydrogens is 267 g/mol. The van der Waals surface area contributed by atoms with Crippen LogP contribution in [-0.4, -0.2) is 0 Å². The zero-order valence-corrected chi connectivity index (χ0v) is 11.2. The third kappa shape index (κ3) is 3.03. The molecule has 0 bridgehead atoms. The molecule has 0 saturated carbocycles. The van der Waals surface area contributed by atoms with Gasteiger partial charge in [-0.3, -0.25) is 11.3 Å². The lowest BCUT2D eigenvalue weighted by Gasteiger charge is -2.17. The van der Waals surface area contributed by atoms with E-state index in [1.54, 1.807) is 6.07 Å². The van der Waals surface area contributed by atoms with Gasteiger partial charge in [0.05, 0.1) is 16.1 Å². The number of hydrogen-bond donors (Lipinski definition) is 2. The molecule has 0 radical (unpaired) electrons. The van der Waals surface area contributed by atoms with Crippen LogP contribution < -0.4 is 11.3 Å². The third-order valence-electron chi connectivity index (χ3n) is 2.86. The number of rotatable bonds is 4. The first kappa shape index (κ1) is 13.4. The van der Waals surface area contributed by atoms with Gasteiger partial charge in [0.15, 0.2) is 0 Å². The lowest BCUT2D eigenvalue weighted by Crippen LogP contribution is -2.29. The molecule has 2 nitrogen and oxygen atoms in total. The van der Waals surface area contributed by atoms with Gasteiger partial charge in [0.1, 0.15) is 0 Å².